The fourth-order valence-electron chi connectivity index (χ4n) is 2.69. The summed E-state index contributed by atoms with van der Waals surface area (Å²) in [5, 5.41) is 10.8. The lowest BCUT2D eigenvalue weighted by atomic mass is 10.1. The van der Waals surface area contributed by atoms with Crippen molar-refractivity contribution < 1.29 is 13.7 Å². The van der Waals surface area contributed by atoms with Crippen LogP contribution in [0.3, 0.4) is 0 Å². The van der Waals surface area contributed by atoms with Crippen LogP contribution in [0.4, 0.5) is 10.1 Å². The maximum absolute atomic E-state index is 13.3. The van der Waals surface area contributed by atoms with E-state index in [0.717, 1.165) is 5.56 Å². The minimum absolute atomic E-state index is 0.0479. The standard InChI is InChI=1S/C20H15FN4O2/c21-16-6-2-5-15(11-16)18-12-19(27-24-18)20(26)23-17-7-1-4-14(10-17)13-25-9-3-8-22-25/h1-12H,13H2,(H,23,26). The summed E-state index contributed by atoms with van der Waals surface area (Å²) in [5.74, 6) is -0.761. The van der Waals surface area contributed by atoms with Crippen LogP contribution in [0, 0.1) is 5.82 Å². The zero-order valence-electron chi connectivity index (χ0n) is 14.2. The molecule has 0 unspecified atom stereocenters. The number of halogens is 1. The Balaban J connectivity index is 1.48. The summed E-state index contributed by atoms with van der Waals surface area (Å²) in [6, 6.07) is 16.7. The fourth-order valence-corrected chi connectivity index (χ4v) is 2.69. The van der Waals surface area contributed by atoms with Crippen molar-refractivity contribution >= 4 is 11.6 Å². The number of amides is 1. The van der Waals surface area contributed by atoms with Crippen LogP contribution >= 0.6 is 0 Å². The van der Waals surface area contributed by atoms with Crippen molar-refractivity contribution in [3.05, 3.63) is 90.2 Å². The molecule has 2 aromatic heterocycles. The van der Waals surface area contributed by atoms with Crippen LogP contribution in [0.5, 0.6) is 0 Å². The number of carbonyl (C=O) groups is 1. The number of nitrogens with one attached hydrogen (secondary N) is 1. The number of nitrogens with zero attached hydrogens (tertiary/aromatic N) is 3. The molecule has 2 aromatic carbocycles. The highest BCUT2D eigenvalue weighted by Gasteiger charge is 2.15. The van der Waals surface area contributed by atoms with E-state index in [1.54, 1.807) is 29.1 Å². The predicted molar refractivity (Wildman–Crippen MR) is 97.6 cm³/mol. The van der Waals surface area contributed by atoms with Crippen LogP contribution in [-0.2, 0) is 6.54 Å². The highest BCUT2D eigenvalue weighted by atomic mass is 19.1. The van der Waals surface area contributed by atoms with E-state index in [2.05, 4.69) is 15.6 Å². The Kier molecular flexibility index (Phi) is 4.49. The van der Waals surface area contributed by atoms with Crippen molar-refractivity contribution in [1.82, 2.24) is 14.9 Å². The number of carbonyl (C=O) groups excluding carboxylic acids is 1. The second-order valence-corrected chi connectivity index (χ2v) is 5.94. The smallest absolute Gasteiger partial charge is 0.294 e. The van der Waals surface area contributed by atoms with Gasteiger partial charge in [0.05, 0.1) is 6.54 Å². The Morgan fingerprint density at radius 2 is 2.00 bits per heavy atom. The van der Waals surface area contributed by atoms with Crippen LogP contribution in [0.2, 0.25) is 0 Å². The van der Waals surface area contributed by atoms with Crippen LogP contribution in [0.1, 0.15) is 16.1 Å². The highest BCUT2D eigenvalue weighted by molar-refractivity contribution is 6.02. The average Bonchev–Trinajstić information content (AvgIpc) is 3.34. The molecule has 7 heteroatoms. The molecule has 0 aliphatic carbocycles. The van der Waals surface area contributed by atoms with E-state index < -0.39 is 5.91 Å². The Morgan fingerprint density at radius 1 is 1.11 bits per heavy atom. The van der Waals surface area contributed by atoms with Crippen molar-refractivity contribution in [1.29, 1.82) is 0 Å². The molecule has 0 saturated carbocycles. The number of rotatable bonds is 5. The normalized spacial score (nSPS) is 10.7. The summed E-state index contributed by atoms with van der Waals surface area (Å²) >= 11 is 0. The van der Waals surface area contributed by atoms with Gasteiger partial charge >= 0.3 is 0 Å². The topological polar surface area (TPSA) is 73.0 Å². The van der Waals surface area contributed by atoms with Crippen LogP contribution in [0.25, 0.3) is 11.3 Å². The molecule has 0 fully saturated rings. The maximum Gasteiger partial charge on any atom is 0.294 e. The van der Waals surface area contributed by atoms with Gasteiger partial charge < -0.3 is 9.84 Å². The van der Waals surface area contributed by atoms with E-state index in [-0.39, 0.29) is 11.6 Å². The third-order valence-corrected chi connectivity index (χ3v) is 3.94. The first kappa shape index (κ1) is 16.7. The monoisotopic (exact) mass is 362 g/mol. The van der Waals surface area contributed by atoms with Gasteiger partial charge in [-0.05, 0) is 35.9 Å². The molecule has 2 heterocycles. The number of aromatic nitrogens is 3. The molecule has 0 radical (unpaired) electrons. The Labute approximate surface area is 154 Å². The molecule has 1 N–H and O–H groups in total. The zero-order chi connectivity index (χ0) is 18.6. The summed E-state index contributed by atoms with van der Waals surface area (Å²) in [5.41, 5.74) is 2.56. The molecule has 1 amide bonds. The summed E-state index contributed by atoms with van der Waals surface area (Å²) in [7, 11) is 0. The largest absolute Gasteiger partial charge is 0.350 e. The van der Waals surface area contributed by atoms with Gasteiger partial charge in [0.1, 0.15) is 11.5 Å². The van der Waals surface area contributed by atoms with Crippen molar-refractivity contribution in [2.45, 2.75) is 6.54 Å². The Bertz CT molecular complexity index is 1070. The van der Waals surface area contributed by atoms with Crippen molar-refractivity contribution in [2.75, 3.05) is 5.32 Å². The molecule has 6 nitrogen and oxygen atoms in total. The van der Waals surface area contributed by atoms with Gasteiger partial charge in [0.15, 0.2) is 0 Å². The fraction of sp³-hybridized carbons (Fsp3) is 0.0500. The first-order valence-electron chi connectivity index (χ1n) is 8.28. The Morgan fingerprint density at radius 3 is 2.81 bits per heavy atom. The Hall–Kier alpha value is -3.74. The van der Waals surface area contributed by atoms with Crippen LogP contribution < -0.4 is 5.32 Å². The maximum atomic E-state index is 13.3. The van der Waals surface area contributed by atoms with Gasteiger partial charge in [0.2, 0.25) is 5.76 Å². The molecule has 4 rings (SSSR count). The highest BCUT2D eigenvalue weighted by Crippen LogP contribution is 2.21. The lowest BCUT2D eigenvalue weighted by Crippen LogP contribution is -2.11. The van der Waals surface area contributed by atoms with Crippen LogP contribution in [0.15, 0.2) is 77.6 Å². The van der Waals surface area contributed by atoms with Gasteiger partial charge in [0.25, 0.3) is 5.91 Å². The van der Waals surface area contributed by atoms with Gasteiger partial charge in [-0.2, -0.15) is 5.10 Å². The molecular formula is C20H15FN4O2. The van der Waals surface area contributed by atoms with E-state index in [1.165, 1.54) is 18.2 Å². The van der Waals surface area contributed by atoms with Crippen molar-refractivity contribution in [3.63, 3.8) is 0 Å². The lowest BCUT2D eigenvalue weighted by Gasteiger charge is -2.06. The van der Waals surface area contributed by atoms with Crippen molar-refractivity contribution in [2.24, 2.45) is 0 Å². The van der Waals surface area contributed by atoms with E-state index >= 15 is 0 Å². The number of anilines is 1. The summed E-state index contributed by atoms with van der Waals surface area (Å²) in [6.07, 6.45) is 3.58. The molecule has 0 bridgehead atoms. The predicted octanol–water partition coefficient (Wildman–Crippen LogP) is 3.98. The van der Waals surface area contributed by atoms with E-state index in [9.17, 15) is 9.18 Å². The summed E-state index contributed by atoms with van der Waals surface area (Å²) in [6.45, 7) is 0.600. The van der Waals surface area contributed by atoms with Crippen molar-refractivity contribution in [3.8, 4) is 11.3 Å². The average molecular weight is 362 g/mol. The first-order chi connectivity index (χ1) is 13.2. The minimum Gasteiger partial charge on any atom is -0.350 e. The second-order valence-electron chi connectivity index (χ2n) is 5.94. The van der Waals surface area contributed by atoms with Gasteiger partial charge in [-0.1, -0.05) is 29.4 Å². The zero-order valence-corrected chi connectivity index (χ0v) is 14.2. The summed E-state index contributed by atoms with van der Waals surface area (Å²) in [4.78, 5) is 12.4. The lowest BCUT2D eigenvalue weighted by molar-refractivity contribution is 0.0988. The molecule has 0 aliphatic rings. The van der Waals surface area contributed by atoms with Crippen LogP contribution in [-0.4, -0.2) is 20.8 Å². The second kappa shape index (κ2) is 7.25. The molecule has 0 aliphatic heterocycles. The quantitative estimate of drug-likeness (QED) is 0.583. The molecule has 0 atom stereocenters. The van der Waals surface area contributed by atoms with E-state index in [1.807, 2.05) is 30.5 Å². The number of hydrogen-bond acceptors (Lipinski definition) is 4. The SMILES string of the molecule is O=C(Nc1cccc(Cn2cccn2)c1)c1cc(-c2cccc(F)c2)no1. The number of hydrogen-bond donors (Lipinski definition) is 1. The van der Waals surface area contributed by atoms with Gasteiger partial charge in [-0.15, -0.1) is 0 Å². The third-order valence-electron chi connectivity index (χ3n) is 3.94. The molecule has 27 heavy (non-hydrogen) atoms. The molecule has 134 valence electrons. The minimum atomic E-state index is -0.429. The third kappa shape index (κ3) is 3.92. The first-order valence-corrected chi connectivity index (χ1v) is 8.28. The number of benzene rings is 2. The van der Waals surface area contributed by atoms with E-state index in [4.69, 9.17) is 4.52 Å². The van der Waals surface area contributed by atoms with Gasteiger partial charge in [-0.25, -0.2) is 4.39 Å². The molecule has 0 saturated heterocycles. The van der Waals surface area contributed by atoms with Gasteiger partial charge in [-0.3, -0.25) is 9.48 Å². The van der Waals surface area contributed by atoms with Gasteiger partial charge in [0, 0.05) is 29.7 Å². The molecule has 4 aromatic rings. The molecule has 0 spiro atoms. The molecular weight excluding hydrogens is 347 g/mol. The van der Waals surface area contributed by atoms with E-state index in [0.29, 0.717) is 23.5 Å². The summed E-state index contributed by atoms with van der Waals surface area (Å²) < 4.78 is 20.2.